The summed E-state index contributed by atoms with van der Waals surface area (Å²) in [7, 11) is 4.90. The molecule has 8 nitrogen and oxygen atoms in total. The summed E-state index contributed by atoms with van der Waals surface area (Å²) >= 11 is 0. The summed E-state index contributed by atoms with van der Waals surface area (Å²) in [6.07, 6.45) is 3.48. The van der Waals surface area contributed by atoms with Crippen molar-refractivity contribution in [3.05, 3.63) is 101 Å². The number of ketones is 1. The number of aromatic nitrogens is 2. The molecule has 2 aromatic heterocycles. The standard InChI is InChI=1S/C34H30F2N4O4/c1-19-14-27(43-4)24(25(41)16-34(17-40(3)18-34)33-38-12-5-13-39-33)15-23(19)22-10-11-26-28(30(22)36)29(32(42)37-2)31(44-26)20-6-8-21(35)9-7-20/h5-15H,16-18H2,1-4H3,(H,37,42). The summed E-state index contributed by atoms with van der Waals surface area (Å²) in [5.41, 5.74) is 1.66. The minimum Gasteiger partial charge on any atom is -0.496 e. The van der Waals surface area contributed by atoms with Crippen LogP contribution in [0.5, 0.6) is 5.75 Å². The maximum atomic E-state index is 16.6. The molecule has 1 aliphatic rings. The predicted molar refractivity (Wildman–Crippen MR) is 162 cm³/mol. The van der Waals surface area contributed by atoms with Gasteiger partial charge in [-0.05, 0) is 79.7 Å². The number of methoxy groups -OCH3 is 1. The van der Waals surface area contributed by atoms with E-state index in [-0.39, 0.29) is 40.1 Å². The first kappa shape index (κ1) is 29.1. The molecule has 0 spiro atoms. The molecule has 1 amide bonds. The number of likely N-dealkylation sites (tertiary alicyclic amines) is 1. The van der Waals surface area contributed by atoms with E-state index in [1.807, 2.05) is 7.05 Å². The summed E-state index contributed by atoms with van der Waals surface area (Å²) < 4.78 is 41.8. The van der Waals surface area contributed by atoms with Gasteiger partial charge in [-0.15, -0.1) is 0 Å². The summed E-state index contributed by atoms with van der Waals surface area (Å²) in [5, 5.41) is 2.54. The van der Waals surface area contributed by atoms with Gasteiger partial charge in [0, 0.05) is 50.1 Å². The molecule has 1 N–H and O–H groups in total. The Balaban J connectivity index is 1.46. The molecule has 6 rings (SSSR count). The molecule has 3 aromatic carbocycles. The van der Waals surface area contributed by atoms with Crippen molar-refractivity contribution in [2.24, 2.45) is 0 Å². The van der Waals surface area contributed by atoms with Crippen molar-refractivity contribution in [3.63, 3.8) is 0 Å². The second-order valence-corrected chi connectivity index (χ2v) is 11.2. The van der Waals surface area contributed by atoms with Gasteiger partial charge >= 0.3 is 0 Å². The van der Waals surface area contributed by atoms with E-state index < -0.39 is 23.0 Å². The van der Waals surface area contributed by atoms with E-state index in [1.165, 1.54) is 38.4 Å². The Kier molecular flexibility index (Phi) is 7.46. The topological polar surface area (TPSA) is 97.6 Å². The number of aryl methyl sites for hydroxylation is 1. The number of hydrogen-bond donors (Lipinski definition) is 1. The molecule has 1 fully saturated rings. The minimum absolute atomic E-state index is 0.00479. The molecule has 0 unspecified atom stereocenters. The van der Waals surface area contributed by atoms with Gasteiger partial charge in [0.25, 0.3) is 5.91 Å². The quantitative estimate of drug-likeness (QED) is 0.221. The van der Waals surface area contributed by atoms with Crippen molar-refractivity contribution in [3.8, 4) is 28.2 Å². The fraction of sp³-hybridized carbons (Fsp3) is 0.235. The monoisotopic (exact) mass is 596 g/mol. The highest BCUT2D eigenvalue weighted by Crippen LogP contribution is 2.42. The van der Waals surface area contributed by atoms with Crippen LogP contribution < -0.4 is 10.1 Å². The van der Waals surface area contributed by atoms with Crippen LogP contribution in [0.1, 0.15) is 38.5 Å². The molecule has 0 aliphatic carbocycles. The zero-order chi connectivity index (χ0) is 31.2. The lowest BCUT2D eigenvalue weighted by Crippen LogP contribution is -2.59. The van der Waals surface area contributed by atoms with Gasteiger partial charge in [0.15, 0.2) is 5.78 Å². The van der Waals surface area contributed by atoms with Crippen LogP contribution >= 0.6 is 0 Å². The number of ether oxygens (including phenoxy) is 1. The SMILES string of the molecule is CNC(=O)c1c(-c2ccc(F)cc2)oc2ccc(-c3cc(C(=O)CC4(c5ncccn5)CN(C)C4)c(OC)cc3C)c(F)c12. The minimum atomic E-state index is -0.681. The Hall–Kier alpha value is -4.96. The lowest BCUT2D eigenvalue weighted by atomic mass is 9.74. The lowest BCUT2D eigenvalue weighted by Gasteiger charge is -2.47. The smallest absolute Gasteiger partial charge is 0.255 e. The Morgan fingerprint density at radius 2 is 1.75 bits per heavy atom. The molecule has 0 saturated carbocycles. The summed E-state index contributed by atoms with van der Waals surface area (Å²) in [5.74, 6) is -0.767. The molecule has 10 heteroatoms. The van der Waals surface area contributed by atoms with Gasteiger partial charge in [-0.25, -0.2) is 18.7 Å². The average molecular weight is 597 g/mol. The number of fused-ring (bicyclic) bond motifs is 1. The Labute approximate surface area is 252 Å². The number of likely N-dealkylation sites (N-methyl/N-ethyl adjacent to an activating group) is 1. The number of carbonyl (C=O) groups excluding carboxylic acids is 2. The molecule has 44 heavy (non-hydrogen) atoms. The number of rotatable bonds is 8. The Morgan fingerprint density at radius 3 is 2.39 bits per heavy atom. The van der Waals surface area contributed by atoms with Crippen molar-refractivity contribution in [1.29, 1.82) is 0 Å². The molecule has 0 atom stereocenters. The lowest BCUT2D eigenvalue weighted by molar-refractivity contribution is 0.0637. The number of Topliss-reactive ketones (excluding diaryl/α,β-unsaturated/α-hetero) is 1. The molecule has 5 aromatic rings. The van der Waals surface area contributed by atoms with Gasteiger partial charge in [0.2, 0.25) is 0 Å². The summed E-state index contributed by atoms with van der Waals surface area (Å²) in [6.45, 7) is 3.04. The maximum absolute atomic E-state index is 16.6. The molecular formula is C34H30F2N4O4. The highest BCUT2D eigenvalue weighted by molar-refractivity contribution is 6.12. The number of furan rings is 1. The number of halogens is 2. The normalized spacial score (nSPS) is 14.3. The van der Waals surface area contributed by atoms with Crippen LogP contribution in [-0.4, -0.2) is 60.9 Å². The fourth-order valence-corrected chi connectivity index (χ4v) is 6.16. The van der Waals surface area contributed by atoms with E-state index in [0.29, 0.717) is 46.9 Å². The van der Waals surface area contributed by atoms with Crippen molar-refractivity contribution in [2.75, 3.05) is 34.3 Å². The number of nitrogens with zero attached hydrogens (tertiary/aromatic N) is 3. The maximum Gasteiger partial charge on any atom is 0.255 e. The van der Waals surface area contributed by atoms with Gasteiger partial charge in [0.05, 0.1) is 29.0 Å². The van der Waals surface area contributed by atoms with E-state index in [4.69, 9.17) is 9.15 Å². The number of hydrogen-bond acceptors (Lipinski definition) is 7. The van der Waals surface area contributed by atoms with E-state index in [9.17, 15) is 14.0 Å². The second-order valence-electron chi connectivity index (χ2n) is 11.2. The molecule has 3 heterocycles. The van der Waals surface area contributed by atoms with Crippen molar-refractivity contribution >= 4 is 22.7 Å². The highest BCUT2D eigenvalue weighted by atomic mass is 19.1. The van der Waals surface area contributed by atoms with Gasteiger partial charge < -0.3 is 19.4 Å². The molecule has 0 radical (unpaired) electrons. The third kappa shape index (κ3) is 4.90. The van der Waals surface area contributed by atoms with Gasteiger partial charge in [-0.3, -0.25) is 9.59 Å². The van der Waals surface area contributed by atoms with Crippen LogP contribution in [-0.2, 0) is 5.41 Å². The average Bonchev–Trinajstić information content (AvgIpc) is 3.41. The fourth-order valence-electron chi connectivity index (χ4n) is 6.16. The first-order valence-electron chi connectivity index (χ1n) is 14.1. The number of benzene rings is 3. The van der Waals surface area contributed by atoms with Crippen LogP contribution in [0.25, 0.3) is 33.4 Å². The van der Waals surface area contributed by atoms with Crippen LogP contribution in [0.2, 0.25) is 0 Å². The van der Waals surface area contributed by atoms with Crippen LogP contribution in [0, 0.1) is 18.6 Å². The molecule has 1 aliphatic heterocycles. The highest BCUT2D eigenvalue weighted by Gasteiger charge is 2.47. The van der Waals surface area contributed by atoms with Gasteiger partial charge in [-0.2, -0.15) is 0 Å². The first-order valence-corrected chi connectivity index (χ1v) is 14.1. The first-order chi connectivity index (χ1) is 21.2. The number of carbonyl (C=O) groups is 2. The Bertz CT molecular complexity index is 1900. The van der Waals surface area contributed by atoms with Gasteiger partial charge in [-0.1, -0.05) is 0 Å². The summed E-state index contributed by atoms with van der Waals surface area (Å²) in [4.78, 5) is 38.0. The second kappa shape index (κ2) is 11.3. The number of nitrogens with one attached hydrogen (secondary N) is 1. The van der Waals surface area contributed by atoms with Crippen molar-refractivity contribution in [1.82, 2.24) is 20.2 Å². The van der Waals surface area contributed by atoms with Gasteiger partial charge in [0.1, 0.15) is 34.6 Å². The van der Waals surface area contributed by atoms with E-state index >= 15 is 4.39 Å². The van der Waals surface area contributed by atoms with Crippen LogP contribution in [0.15, 0.2) is 71.4 Å². The van der Waals surface area contributed by atoms with Crippen LogP contribution in [0.3, 0.4) is 0 Å². The summed E-state index contributed by atoms with van der Waals surface area (Å²) in [6, 6.07) is 13.7. The van der Waals surface area contributed by atoms with Crippen LogP contribution in [0.4, 0.5) is 8.78 Å². The molecular weight excluding hydrogens is 566 g/mol. The molecule has 224 valence electrons. The Morgan fingerprint density at radius 1 is 1.05 bits per heavy atom. The van der Waals surface area contributed by atoms with E-state index in [0.717, 1.165) is 0 Å². The van der Waals surface area contributed by atoms with Crippen molar-refractivity contribution < 1.29 is 27.5 Å². The van der Waals surface area contributed by atoms with E-state index in [2.05, 4.69) is 20.2 Å². The third-order valence-corrected chi connectivity index (χ3v) is 8.17. The zero-order valence-corrected chi connectivity index (χ0v) is 24.7. The molecule has 0 bridgehead atoms. The zero-order valence-electron chi connectivity index (χ0n) is 24.7. The number of amides is 1. The van der Waals surface area contributed by atoms with E-state index in [1.54, 1.807) is 49.6 Å². The largest absolute Gasteiger partial charge is 0.496 e. The predicted octanol–water partition coefficient (Wildman–Crippen LogP) is 5.97. The van der Waals surface area contributed by atoms with Crippen molar-refractivity contribution in [2.45, 2.75) is 18.8 Å². The third-order valence-electron chi connectivity index (χ3n) is 8.17. The molecule has 1 saturated heterocycles.